The van der Waals surface area contributed by atoms with E-state index < -0.39 is 23.6 Å². The van der Waals surface area contributed by atoms with Crippen LogP contribution >= 0.6 is 46.0 Å². The number of amides is 3. The van der Waals surface area contributed by atoms with Crippen molar-refractivity contribution in [2.24, 2.45) is 0 Å². The number of nitrogens with zero attached hydrogens (tertiary/aromatic N) is 2. The molecule has 1 saturated heterocycles. The van der Waals surface area contributed by atoms with Gasteiger partial charge < -0.3 is 14.8 Å². The molecule has 1 heterocycles. The number of ether oxygens (including phenoxy) is 2. The number of anilines is 1. The van der Waals surface area contributed by atoms with Gasteiger partial charge in [0.05, 0.1) is 27.2 Å². The van der Waals surface area contributed by atoms with E-state index in [2.05, 4.69) is 34.0 Å². The monoisotopic (exact) mass is 659 g/mol. The number of thioether (sulfide) groups is 1. The molecule has 3 aromatic rings. The molecule has 0 aliphatic carbocycles. The standard InChI is InChI=1S/C27H19ClIN3O5S/c1-36-22-11-16(10-21(29)25(22)37-15-18-5-3-2-4-17(18)13-30)12-23-26(34)32(27(35)38-23)14-24(33)31-20-8-6-19(28)7-9-20/h2-12H,14-15H2,1H3,(H,31,33)/b23-12+. The number of methoxy groups -OCH3 is 1. The summed E-state index contributed by atoms with van der Waals surface area (Å²) in [5.41, 5.74) is 2.38. The summed E-state index contributed by atoms with van der Waals surface area (Å²) < 4.78 is 12.2. The van der Waals surface area contributed by atoms with Crippen molar-refractivity contribution in [3.05, 3.63) is 90.9 Å². The summed E-state index contributed by atoms with van der Waals surface area (Å²) in [5, 5.41) is 11.9. The van der Waals surface area contributed by atoms with E-state index in [1.165, 1.54) is 7.11 Å². The SMILES string of the molecule is COc1cc(/C=C2/SC(=O)N(CC(=O)Nc3ccc(Cl)cc3)C2=O)cc(I)c1OCc1ccccc1C#N. The predicted molar refractivity (Wildman–Crippen MR) is 154 cm³/mol. The first-order chi connectivity index (χ1) is 18.3. The fraction of sp³-hybridized carbons (Fsp3) is 0.111. The molecule has 11 heteroatoms. The van der Waals surface area contributed by atoms with E-state index in [1.54, 1.807) is 54.6 Å². The van der Waals surface area contributed by atoms with Gasteiger partial charge >= 0.3 is 0 Å². The number of hydrogen-bond donors (Lipinski definition) is 1. The zero-order valence-corrected chi connectivity index (χ0v) is 23.6. The Morgan fingerprint density at radius 2 is 1.92 bits per heavy atom. The van der Waals surface area contributed by atoms with Gasteiger partial charge in [-0.05, 0) is 88.5 Å². The van der Waals surface area contributed by atoms with E-state index >= 15 is 0 Å². The first kappa shape index (κ1) is 27.5. The average molecular weight is 660 g/mol. The second-order valence-corrected chi connectivity index (χ2v) is 10.5. The summed E-state index contributed by atoms with van der Waals surface area (Å²) in [6.07, 6.45) is 1.57. The molecule has 0 unspecified atom stereocenters. The second-order valence-electron chi connectivity index (χ2n) is 7.91. The maximum atomic E-state index is 12.9. The summed E-state index contributed by atoms with van der Waals surface area (Å²) in [6.45, 7) is -0.241. The number of nitrogens with one attached hydrogen (secondary N) is 1. The molecular formula is C27H19ClIN3O5S. The van der Waals surface area contributed by atoms with E-state index in [1.807, 2.05) is 12.1 Å². The number of rotatable bonds is 8. The van der Waals surface area contributed by atoms with Gasteiger partial charge in [0.2, 0.25) is 5.91 Å². The Balaban J connectivity index is 1.48. The predicted octanol–water partition coefficient (Wildman–Crippen LogP) is 6.08. The summed E-state index contributed by atoms with van der Waals surface area (Å²) in [7, 11) is 1.50. The van der Waals surface area contributed by atoms with Crippen molar-refractivity contribution in [1.29, 1.82) is 5.26 Å². The highest BCUT2D eigenvalue weighted by molar-refractivity contribution is 14.1. The van der Waals surface area contributed by atoms with E-state index in [9.17, 15) is 19.6 Å². The summed E-state index contributed by atoms with van der Waals surface area (Å²) in [4.78, 5) is 38.9. The van der Waals surface area contributed by atoms with Crippen LogP contribution in [0.4, 0.5) is 10.5 Å². The lowest BCUT2D eigenvalue weighted by atomic mass is 10.1. The maximum absolute atomic E-state index is 12.9. The molecular weight excluding hydrogens is 641 g/mol. The number of carbonyl (C=O) groups excluding carboxylic acids is 3. The summed E-state index contributed by atoms with van der Waals surface area (Å²) in [6, 6.07) is 19.3. The molecule has 1 aliphatic heterocycles. The Bertz CT molecular complexity index is 1490. The third-order valence-corrected chi connectivity index (χ3v) is 7.32. The molecule has 0 bridgehead atoms. The van der Waals surface area contributed by atoms with Gasteiger partial charge in [0.1, 0.15) is 13.2 Å². The Hall–Kier alpha value is -3.53. The van der Waals surface area contributed by atoms with Gasteiger partial charge in [-0.25, -0.2) is 0 Å². The lowest BCUT2D eigenvalue weighted by Gasteiger charge is -2.14. The summed E-state index contributed by atoms with van der Waals surface area (Å²) >= 11 is 8.70. The lowest BCUT2D eigenvalue weighted by molar-refractivity contribution is -0.127. The molecule has 4 rings (SSSR count). The van der Waals surface area contributed by atoms with Crippen molar-refractivity contribution >= 4 is 74.8 Å². The molecule has 38 heavy (non-hydrogen) atoms. The third kappa shape index (κ3) is 6.48. The largest absolute Gasteiger partial charge is 0.493 e. The fourth-order valence-electron chi connectivity index (χ4n) is 3.53. The number of benzene rings is 3. The molecule has 0 radical (unpaired) electrons. The van der Waals surface area contributed by atoms with Gasteiger partial charge in [0.25, 0.3) is 11.1 Å². The normalized spacial score (nSPS) is 13.9. The quantitative estimate of drug-likeness (QED) is 0.231. The highest BCUT2D eigenvalue weighted by Crippen LogP contribution is 2.37. The van der Waals surface area contributed by atoms with Crippen LogP contribution in [-0.4, -0.2) is 35.6 Å². The van der Waals surface area contributed by atoms with E-state index in [4.69, 9.17) is 21.1 Å². The van der Waals surface area contributed by atoms with Gasteiger partial charge in [-0.2, -0.15) is 5.26 Å². The molecule has 1 fully saturated rings. The van der Waals surface area contributed by atoms with Crippen molar-refractivity contribution in [3.63, 3.8) is 0 Å². The zero-order valence-electron chi connectivity index (χ0n) is 19.9. The minimum Gasteiger partial charge on any atom is -0.493 e. The van der Waals surface area contributed by atoms with Crippen LogP contribution in [0.5, 0.6) is 11.5 Å². The molecule has 192 valence electrons. The van der Waals surface area contributed by atoms with Gasteiger partial charge in [-0.1, -0.05) is 29.8 Å². The molecule has 8 nitrogen and oxygen atoms in total. The van der Waals surface area contributed by atoms with Crippen molar-refractivity contribution in [2.75, 3.05) is 19.0 Å². The second kappa shape index (κ2) is 12.3. The topological polar surface area (TPSA) is 109 Å². The van der Waals surface area contributed by atoms with Crippen LogP contribution in [0.25, 0.3) is 6.08 Å². The first-order valence-corrected chi connectivity index (χ1v) is 13.4. The van der Waals surface area contributed by atoms with E-state index in [-0.39, 0.29) is 11.5 Å². The number of hydrogen-bond acceptors (Lipinski definition) is 7. The van der Waals surface area contributed by atoms with Crippen molar-refractivity contribution in [2.45, 2.75) is 6.61 Å². The number of halogens is 2. The third-order valence-electron chi connectivity index (χ3n) is 5.36. The Labute approximate surface area is 241 Å². The van der Waals surface area contributed by atoms with E-state index in [0.717, 1.165) is 22.2 Å². The average Bonchev–Trinajstić information content (AvgIpc) is 3.16. The number of nitriles is 1. The smallest absolute Gasteiger partial charge is 0.294 e. The van der Waals surface area contributed by atoms with Crippen LogP contribution < -0.4 is 14.8 Å². The molecule has 3 amide bonds. The van der Waals surface area contributed by atoms with Crippen LogP contribution in [0.1, 0.15) is 16.7 Å². The molecule has 0 spiro atoms. The highest BCUT2D eigenvalue weighted by Gasteiger charge is 2.36. The maximum Gasteiger partial charge on any atom is 0.294 e. The molecule has 0 saturated carbocycles. The first-order valence-electron chi connectivity index (χ1n) is 11.1. The van der Waals surface area contributed by atoms with Crippen LogP contribution in [-0.2, 0) is 16.2 Å². The molecule has 1 N–H and O–H groups in total. The van der Waals surface area contributed by atoms with E-state index in [0.29, 0.717) is 36.9 Å². The van der Waals surface area contributed by atoms with Crippen molar-refractivity contribution in [3.8, 4) is 17.6 Å². The van der Waals surface area contributed by atoms with Crippen LogP contribution in [0, 0.1) is 14.9 Å². The molecule has 0 aromatic heterocycles. The lowest BCUT2D eigenvalue weighted by Crippen LogP contribution is -2.36. The minimum absolute atomic E-state index is 0.173. The van der Waals surface area contributed by atoms with Crippen LogP contribution in [0.3, 0.4) is 0 Å². The van der Waals surface area contributed by atoms with Gasteiger partial charge in [0.15, 0.2) is 11.5 Å². The van der Waals surface area contributed by atoms with Gasteiger partial charge in [0, 0.05) is 16.3 Å². The number of imide groups is 1. The van der Waals surface area contributed by atoms with Crippen LogP contribution in [0.2, 0.25) is 5.02 Å². The van der Waals surface area contributed by atoms with Gasteiger partial charge in [-0.3, -0.25) is 19.3 Å². The van der Waals surface area contributed by atoms with Crippen LogP contribution in [0.15, 0.2) is 65.6 Å². The molecule has 0 atom stereocenters. The fourth-order valence-corrected chi connectivity index (χ4v) is 5.28. The Morgan fingerprint density at radius 1 is 1.18 bits per heavy atom. The minimum atomic E-state index is -0.561. The highest BCUT2D eigenvalue weighted by atomic mass is 127. The number of carbonyl (C=O) groups is 3. The van der Waals surface area contributed by atoms with Crippen molar-refractivity contribution < 1.29 is 23.9 Å². The molecule has 1 aliphatic rings. The summed E-state index contributed by atoms with van der Waals surface area (Å²) in [5.74, 6) is -0.149. The zero-order chi connectivity index (χ0) is 27.2. The molecule has 3 aromatic carbocycles. The Morgan fingerprint density at radius 3 is 2.63 bits per heavy atom. The van der Waals surface area contributed by atoms with Crippen molar-refractivity contribution in [1.82, 2.24) is 4.90 Å². The van der Waals surface area contributed by atoms with Gasteiger partial charge in [-0.15, -0.1) is 0 Å². The Kier molecular flexibility index (Phi) is 8.93.